The van der Waals surface area contributed by atoms with Crippen LogP contribution in [-0.4, -0.2) is 54.2 Å². The Morgan fingerprint density at radius 2 is 2.06 bits per heavy atom. The lowest BCUT2D eigenvalue weighted by atomic mass is 9.89. The second kappa shape index (κ2) is 4.03. The van der Waals surface area contributed by atoms with Crippen molar-refractivity contribution in [3.05, 3.63) is 0 Å². The molecule has 1 saturated heterocycles. The Balaban J connectivity index is 1.68. The lowest BCUT2D eigenvalue weighted by molar-refractivity contribution is -0.135. The van der Waals surface area contributed by atoms with E-state index >= 15 is 0 Å². The van der Waals surface area contributed by atoms with Crippen molar-refractivity contribution < 1.29 is 14.7 Å². The van der Waals surface area contributed by atoms with Gasteiger partial charge in [0.05, 0.1) is 12.1 Å². The van der Waals surface area contributed by atoms with Gasteiger partial charge in [-0.1, -0.05) is 0 Å². The Labute approximate surface area is 94.0 Å². The highest BCUT2D eigenvalue weighted by Crippen LogP contribution is 2.44. The number of hydrogen-bond acceptors (Lipinski definition) is 4. The zero-order valence-electron chi connectivity index (χ0n) is 9.32. The molecule has 6 heteroatoms. The number of nitrogens with zero attached hydrogens (tertiary/aromatic N) is 1. The van der Waals surface area contributed by atoms with Crippen molar-refractivity contribution in [3.63, 3.8) is 0 Å². The first kappa shape index (κ1) is 11.3. The Hall–Kier alpha value is -1.14. The molecule has 0 aromatic heterocycles. The molecule has 3 N–H and O–H groups in total. The standard InChI is InChI=1S/C10H17N3O3/c1-11-9(15)12-8(14)4-13-5-10(16,6-13)7-2-3-7/h7,16H,2-6H2,1H3,(H2,11,12,14,15). The first-order valence-electron chi connectivity index (χ1n) is 5.50. The number of likely N-dealkylation sites (tertiary alicyclic amines) is 1. The molecular weight excluding hydrogens is 210 g/mol. The fourth-order valence-corrected chi connectivity index (χ4v) is 2.15. The molecule has 1 aliphatic heterocycles. The Morgan fingerprint density at radius 1 is 1.44 bits per heavy atom. The van der Waals surface area contributed by atoms with Crippen LogP contribution in [-0.2, 0) is 4.79 Å². The molecule has 0 spiro atoms. The molecule has 1 saturated carbocycles. The topological polar surface area (TPSA) is 81.7 Å². The summed E-state index contributed by atoms with van der Waals surface area (Å²) in [6.07, 6.45) is 2.18. The quantitative estimate of drug-likeness (QED) is 0.571. The molecule has 0 aromatic rings. The third kappa shape index (κ3) is 2.33. The molecule has 1 heterocycles. The van der Waals surface area contributed by atoms with E-state index in [1.165, 1.54) is 7.05 Å². The van der Waals surface area contributed by atoms with Gasteiger partial charge in [-0.3, -0.25) is 15.0 Å². The van der Waals surface area contributed by atoms with Crippen molar-refractivity contribution in [2.45, 2.75) is 18.4 Å². The zero-order chi connectivity index (χ0) is 11.8. The molecule has 3 amide bonds. The third-order valence-electron chi connectivity index (χ3n) is 3.18. The fourth-order valence-electron chi connectivity index (χ4n) is 2.15. The highest BCUT2D eigenvalue weighted by Gasteiger charge is 2.51. The molecule has 6 nitrogen and oxygen atoms in total. The smallest absolute Gasteiger partial charge is 0.321 e. The van der Waals surface area contributed by atoms with Gasteiger partial charge in [-0.2, -0.15) is 0 Å². The van der Waals surface area contributed by atoms with Crippen LogP contribution in [0, 0.1) is 5.92 Å². The molecule has 2 aliphatic rings. The summed E-state index contributed by atoms with van der Waals surface area (Å²) in [4.78, 5) is 24.0. The number of β-amino-alcohol motifs (C(OH)–C–C–N with tert-alkyl or cyclic N) is 1. The second-order valence-electron chi connectivity index (χ2n) is 4.65. The third-order valence-corrected chi connectivity index (χ3v) is 3.18. The molecule has 0 bridgehead atoms. The highest BCUT2D eigenvalue weighted by molar-refractivity contribution is 5.95. The van der Waals surface area contributed by atoms with Crippen LogP contribution >= 0.6 is 0 Å². The number of amides is 3. The summed E-state index contributed by atoms with van der Waals surface area (Å²) in [5.41, 5.74) is -0.576. The lowest BCUT2D eigenvalue weighted by Gasteiger charge is -2.46. The number of aliphatic hydroxyl groups is 1. The van der Waals surface area contributed by atoms with Crippen molar-refractivity contribution in [2.75, 3.05) is 26.7 Å². The van der Waals surface area contributed by atoms with Gasteiger partial charge in [0.15, 0.2) is 0 Å². The monoisotopic (exact) mass is 227 g/mol. The van der Waals surface area contributed by atoms with Gasteiger partial charge in [-0.15, -0.1) is 0 Å². The molecule has 0 radical (unpaired) electrons. The van der Waals surface area contributed by atoms with Gasteiger partial charge in [0.1, 0.15) is 0 Å². The Morgan fingerprint density at radius 3 is 2.56 bits per heavy atom. The minimum atomic E-state index is -0.576. The van der Waals surface area contributed by atoms with Crippen LogP contribution in [0.4, 0.5) is 4.79 Å². The van der Waals surface area contributed by atoms with E-state index in [9.17, 15) is 14.7 Å². The summed E-state index contributed by atoms with van der Waals surface area (Å²) in [7, 11) is 1.46. The summed E-state index contributed by atoms with van der Waals surface area (Å²) in [6.45, 7) is 1.25. The van der Waals surface area contributed by atoms with Crippen molar-refractivity contribution >= 4 is 11.9 Å². The predicted octanol–water partition coefficient (Wildman–Crippen LogP) is -1.10. The maximum atomic E-state index is 11.3. The van der Waals surface area contributed by atoms with E-state index in [-0.39, 0.29) is 12.5 Å². The summed E-state index contributed by atoms with van der Waals surface area (Å²) in [5.74, 6) is 0.0861. The van der Waals surface area contributed by atoms with Gasteiger partial charge >= 0.3 is 6.03 Å². The molecule has 0 atom stereocenters. The van der Waals surface area contributed by atoms with E-state index in [1.54, 1.807) is 0 Å². The van der Waals surface area contributed by atoms with Gasteiger partial charge in [0.2, 0.25) is 5.91 Å². The van der Waals surface area contributed by atoms with Crippen LogP contribution in [0.1, 0.15) is 12.8 Å². The van der Waals surface area contributed by atoms with Crippen molar-refractivity contribution in [3.8, 4) is 0 Å². The summed E-state index contributed by atoms with van der Waals surface area (Å²) >= 11 is 0. The van der Waals surface area contributed by atoms with E-state index in [4.69, 9.17) is 0 Å². The SMILES string of the molecule is CNC(=O)NC(=O)CN1CC(O)(C2CC2)C1. The van der Waals surface area contributed by atoms with Crippen molar-refractivity contribution in [2.24, 2.45) is 5.92 Å². The van der Waals surface area contributed by atoms with Crippen LogP contribution < -0.4 is 10.6 Å². The number of hydrogen-bond donors (Lipinski definition) is 3. The molecule has 0 unspecified atom stereocenters. The largest absolute Gasteiger partial charge is 0.387 e. The Bertz CT molecular complexity index is 308. The number of urea groups is 1. The summed E-state index contributed by atoms with van der Waals surface area (Å²) in [6, 6.07) is -0.497. The molecule has 90 valence electrons. The van der Waals surface area contributed by atoms with Crippen LogP contribution in [0.25, 0.3) is 0 Å². The Kier molecular flexibility index (Phi) is 2.86. The van der Waals surface area contributed by atoms with E-state index in [1.807, 2.05) is 4.90 Å². The minimum Gasteiger partial charge on any atom is -0.387 e. The normalized spacial score (nSPS) is 23.4. The van der Waals surface area contributed by atoms with Gasteiger partial charge < -0.3 is 10.4 Å². The number of carbonyl (C=O) groups is 2. The molecule has 2 fully saturated rings. The van der Waals surface area contributed by atoms with Gasteiger partial charge in [-0.25, -0.2) is 4.79 Å². The predicted molar refractivity (Wildman–Crippen MR) is 56.7 cm³/mol. The number of carbonyl (C=O) groups excluding carboxylic acids is 2. The number of imide groups is 1. The fraction of sp³-hybridized carbons (Fsp3) is 0.800. The lowest BCUT2D eigenvalue weighted by Crippen LogP contribution is -2.64. The first-order chi connectivity index (χ1) is 7.53. The van der Waals surface area contributed by atoms with Crippen molar-refractivity contribution in [1.29, 1.82) is 0 Å². The molecule has 2 rings (SSSR count). The maximum Gasteiger partial charge on any atom is 0.321 e. The summed E-state index contributed by atoms with van der Waals surface area (Å²) < 4.78 is 0. The first-order valence-corrected chi connectivity index (χ1v) is 5.50. The van der Waals surface area contributed by atoms with Gasteiger partial charge in [0, 0.05) is 20.1 Å². The van der Waals surface area contributed by atoms with Crippen LogP contribution in [0.2, 0.25) is 0 Å². The molecule has 0 aromatic carbocycles. The maximum absolute atomic E-state index is 11.3. The number of rotatable bonds is 3. The van der Waals surface area contributed by atoms with Gasteiger partial charge in [-0.05, 0) is 18.8 Å². The zero-order valence-corrected chi connectivity index (χ0v) is 9.32. The van der Waals surface area contributed by atoms with E-state index in [2.05, 4.69) is 10.6 Å². The average molecular weight is 227 g/mol. The van der Waals surface area contributed by atoms with E-state index in [0.717, 1.165) is 12.8 Å². The highest BCUT2D eigenvalue weighted by atomic mass is 16.3. The van der Waals surface area contributed by atoms with Crippen LogP contribution in [0.3, 0.4) is 0 Å². The van der Waals surface area contributed by atoms with Crippen LogP contribution in [0.5, 0.6) is 0 Å². The van der Waals surface area contributed by atoms with E-state index < -0.39 is 11.6 Å². The molecule has 16 heavy (non-hydrogen) atoms. The van der Waals surface area contributed by atoms with Crippen LogP contribution in [0.15, 0.2) is 0 Å². The molecule has 1 aliphatic carbocycles. The minimum absolute atomic E-state index is 0.169. The van der Waals surface area contributed by atoms with Gasteiger partial charge in [0.25, 0.3) is 0 Å². The average Bonchev–Trinajstić information content (AvgIpc) is 2.97. The second-order valence-corrected chi connectivity index (χ2v) is 4.65. The van der Waals surface area contributed by atoms with Crippen molar-refractivity contribution in [1.82, 2.24) is 15.5 Å². The number of nitrogens with one attached hydrogen (secondary N) is 2. The molecular formula is C10H17N3O3. The summed E-state index contributed by atoms with van der Waals surface area (Å²) in [5, 5.41) is 14.5. The van der Waals surface area contributed by atoms with E-state index in [0.29, 0.717) is 19.0 Å².